The predicted molar refractivity (Wildman–Crippen MR) is 86.7 cm³/mol. The second-order valence-corrected chi connectivity index (χ2v) is 5.89. The van der Waals surface area contributed by atoms with Crippen molar-refractivity contribution in [3.63, 3.8) is 0 Å². The summed E-state index contributed by atoms with van der Waals surface area (Å²) >= 11 is 0. The van der Waals surface area contributed by atoms with Crippen LogP contribution in [0.2, 0.25) is 0 Å². The van der Waals surface area contributed by atoms with Crippen molar-refractivity contribution >= 4 is 12.9 Å². The van der Waals surface area contributed by atoms with Crippen molar-refractivity contribution in [2.75, 3.05) is 39.9 Å². The van der Waals surface area contributed by atoms with E-state index in [1.54, 1.807) is 6.33 Å². The molecule has 3 rings (SSSR count). The van der Waals surface area contributed by atoms with E-state index in [-0.39, 0.29) is 12.9 Å². The van der Waals surface area contributed by atoms with Crippen molar-refractivity contribution in [2.24, 2.45) is 5.92 Å². The summed E-state index contributed by atoms with van der Waals surface area (Å²) in [6, 6.07) is 0.499. The number of nitrogens with zero attached hydrogens (tertiary/aromatic N) is 3. The smallest absolute Gasteiger partial charge is 0.290 e. The Morgan fingerprint density at radius 3 is 2.54 bits per heavy atom. The molecule has 0 radical (unpaired) electrons. The van der Waals surface area contributed by atoms with E-state index in [9.17, 15) is 0 Å². The van der Waals surface area contributed by atoms with Crippen molar-refractivity contribution < 1.29 is 24.5 Å². The van der Waals surface area contributed by atoms with E-state index < -0.39 is 0 Å². The normalized spacial score (nSPS) is 23.8. The molecule has 9 heteroatoms. The monoisotopic (exact) mass is 342 g/mol. The zero-order valence-electron chi connectivity index (χ0n) is 14.1. The molecular formula is C15H26N4O5. The van der Waals surface area contributed by atoms with Gasteiger partial charge in [-0.25, -0.2) is 4.98 Å². The van der Waals surface area contributed by atoms with E-state index in [2.05, 4.69) is 33.7 Å². The second-order valence-electron chi connectivity index (χ2n) is 5.89. The topological polar surface area (TPSA) is 119 Å². The van der Waals surface area contributed by atoms with Crippen molar-refractivity contribution in [1.82, 2.24) is 19.8 Å². The van der Waals surface area contributed by atoms with Gasteiger partial charge in [-0.15, -0.1) is 0 Å². The van der Waals surface area contributed by atoms with Gasteiger partial charge in [-0.2, -0.15) is 0 Å². The van der Waals surface area contributed by atoms with Gasteiger partial charge in [0.05, 0.1) is 25.2 Å². The first-order chi connectivity index (χ1) is 11.5. The minimum absolute atomic E-state index is 0.250. The number of H-pyrrole nitrogens is 1. The molecule has 1 aromatic heterocycles. The first-order valence-corrected chi connectivity index (χ1v) is 7.70. The number of rotatable bonds is 2. The Kier molecular flexibility index (Phi) is 8.98. The quantitative estimate of drug-likeness (QED) is 0.637. The molecule has 0 unspecified atom stereocenters. The fraction of sp³-hybridized carbons (Fsp3) is 0.667. The van der Waals surface area contributed by atoms with Crippen LogP contribution in [0.1, 0.15) is 11.4 Å². The summed E-state index contributed by atoms with van der Waals surface area (Å²) < 4.78 is 5.79. The van der Waals surface area contributed by atoms with Crippen LogP contribution in [0.5, 0.6) is 0 Å². The number of imidazole rings is 1. The SMILES string of the molecule is Cc1[nH]cnc1CN1C[C@H]2COC[C@@H]1CN(C)C2.O=CO.O=CO. The molecule has 0 aromatic carbocycles. The third kappa shape index (κ3) is 6.26. The van der Waals surface area contributed by atoms with Gasteiger partial charge in [-0.1, -0.05) is 0 Å². The first kappa shape index (κ1) is 20.1. The van der Waals surface area contributed by atoms with Gasteiger partial charge in [0.25, 0.3) is 12.9 Å². The summed E-state index contributed by atoms with van der Waals surface area (Å²) in [5.41, 5.74) is 2.35. The van der Waals surface area contributed by atoms with Crippen LogP contribution in [0.25, 0.3) is 0 Å². The molecule has 0 saturated carbocycles. The lowest BCUT2D eigenvalue weighted by atomic mass is 10.1. The molecule has 136 valence electrons. The number of aryl methyl sites for hydroxylation is 1. The van der Waals surface area contributed by atoms with E-state index in [4.69, 9.17) is 24.5 Å². The number of hydrogen-bond donors (Lipinski definition) is 3. The molecule has 0 amide bonds. The van der Waals surface area contributed by atoms with Crippen LogP contribution in [-0.4, -0.2) is 88.9 Å². The second kappa shape index (κ2) is 10.7. The van der Waals surface area contributed by atoms with E-state index in [0.717, 1.165) is 39.4 Å². The lowest BCUT2D eigenvalue weighted by Crippen LogP contribution is -2.42. The van der Waals surface area contributed by atoms with Gasteiger partial charge in [0.15, 0.2) is 0 Å². The largest absolute Gasteiger partial charge is 0.483 e. The van der Waals surface area contributed by atoms with Crippen LogP contribution in [-0.2, 0) is 20.9 Å². The molecule has 24 heavy (non-hydrogen) atoms. The lowest BCUT2D eigenvalue weighted by molar-refractivity contribution is -0.123. The van der Waals surface area contributed by atoms with Gasteiger partial charge in [-0.05, 0) is 14.0 Å². The maximum Gasteiger partial charge on any atom is 0.290 e. The van der Waals surface area contributed by atoms with Crippen LogP contribution in [0, 0.1) is 12.8 Å². The summed E-state index contributed by atoms with van der Waals surface area (Å²) in [4.78, 5) is 29.3. The molecule has 0 aliphatic carbocycles. The van der Waals surface area contributed by atoms with Gasteiger partial charge >= 0.3 is 0 Å². The Morgan fingerprint density at radius 1 is 1.29 bits per heavy atom. The van der Waals surface area contributed by atoms with Crippen molar-refractivity contribution in [3.8, 4) is 0 Å². The van der Waals surface area contributed by atoms with Crippen LogP contribution in [0.4, 0.5) is 0 Å². The first-order valence-electron chi connectivity index (χ1n) is 7.70. The number of likely N-dealkylation sites (N-methyl/N-ethyl adjacent to an activating group) is 1. The summed E-state index contributed by atoms with van der Waals surface area (Å²) in [5.74, 6) is 0.627. The molecule has 2 atom stereocenters. The summed E-state index contributed by atoms with van der Waals surface area (Å²) in [7, 11) is 2.22. The molecule has 3 N–H and O–H groups in total. The molecule has 3 heterocycles. The molecule has 2 aliphatic heterocycles. The summed E-state index contributed by atoms with van der Waals surface area (Å²) in [6.07, 6.45) is 1.79. The van der Waals surface area contributed by atoms with Crippen LogP contribution < -0.4 is 0 Å². The van der Waals surface area contributed by atoms with Gasteiger partial charge < -0.3 is 24.8 Å². The molecule has 2 bridgehead atoms. The van der Waals surface area contributed by atoms with Gasteiger partial charge in [-0.3, -0.25) is 14.5 Å². The predicted octanol–water partition coefficient (Wildman–Crippen LogP) is -0.118. The van der Waals surface area contributed by atoms with E-state index >= 15 is 0 Å². The average molecular weight is 342 g/mol. The molecule has 2 saturated heterocycles. The maximum atomic E-state index is 8.36. The van der Waals surface area contributed by atoms with Crippen LogP contribution in [0.3, 0.4) is 0 Å². The average Bonchev–Trinajstić information content (AvgIpc) is 2.72. The number of aromatic nitrogens is 2. The van der Waals surface area contributed by atoms with E-state index in [1.807, 2.05) is 0 Å². The highest BCUT2D eigenvalue weighted by atomic mass is 16.5. The molecular weight excluding hydrogens is 316 g/mol. The number of aromatic amines is 1. The summed E-state index contributed by atoms with van der Waals surface area (Å²) in [5, 5.41) is 13.8. The number of nitrogens with one attached hydrogen (secondary N) is 1. The minimum atomic E-state index is -0.250. The zero-order valence-corrected chi connectivity index (χ0v) is 14.1. The third-order valence-electron chi connectivity index (χ3n) is 4.05. The van der Waals surface area contributed by atoms with E-state index in [1.165, 1.54) is 11.4 Å². The minimum Gasteiger partial charge on any atom is -0.483 e. The highest BCUT2D eigenvalue weighted by Crippen LogP contribution is 2.20. The van der Waals surface area contributed by atoms with Gasteiger partial charge in [0.2, 0.25) is 0 Å². The van der Waals surface area contributed by atoms with Crippen molar-refractivity contribution in [1.29, 1.82) is 0 Å². The lowest BCUT2D eigenvalue weighted by Gasteiger charge is -2.29. The fourth-order valence-corrected chi connectivity index (χ4v) is 3.10. The standard InChI is InChI=1S/C13H22N4O.2CH2O2/c1-10-13(15-9-14-10)6-17-4-11-3-16(2)5-12(17)8-18-7-11;2*2-1-3/h9,11-12H,3-8H2,1-2H3,(H,14,15);2*1H,(H,2,3)/t11-,12-;;/m0../s1. The molecule has 1 aromatic rings. The highest BCUT2D eigenvalue weighted by molar-refractivity contribution is 5.33. The molecule has 9 nitrogen and oxygen atoms in total. The van der Waals surface area contributed by atoms with Crippen molar-refractivity contribution in [2.45, 2.75) is 19.5 Å². The van der Waals surface area contributed by atoms with Gasteiger partial charge in [0, 0.05) is 43.8 Å². The fourth-order valence-electron chi connectivity index (χ4n) is 3.10. The number of carbonyl (C=O) groups is 2. The number of ether oxygens (including phenoxy) is 1. The Bertz CT molecular complexity index is 490. The molecule has 0 spiro atoms. The van der Waals surface area contributed by atoms with Crippen molar-refractivity contribution in [3.05, 3.63) is 17.7 Å². The van der Waals surface area contributed by atoms with Crippen LogP contribution >= 0.6 is 0 Å². The van der Waals surface area contributed by atoms with Gasteiger partial charge in [0.1, 0.15) is 0 Å². The number of fused-ring (bicyclic) bond motifs is 3. The Balaban J connectivity index is 0.000000423. The summed E-state index contributed by atoms with van der Waals surface area (Å²) in [6.45, 7) is 7.65. The number of hydrogen-bond acceptors (Lipinski definition) is 6. The molecule has 2 fully saturated rings. The molecule has 2 aliphatic rings. The zero-order chi connectivity index (χ0) is 17.9. The third-order valence-corrected chi connectivity index (χ3v) is 4.05. The number of carboxylic acid groups (broad SMARTS) is 2. The Labute approximate surface area is 141 Å². The highest BCUT2D eigenvalue weighted by Gasteiger charge is 2.32. The Morgan fingerprint density at radius 2 is 1.96 bits per heavy atom. The van der Waals surface area contributed by atoms with E-state index in [0.29, 0.717) is 12.0 Å². The Hall–Kier alpha value is -1.97. The van der Waals surface area contributed by atoms with Crippen LogP contribution in [0.15, 0.2) is 6.33 Å². The maximum absolute atomic E-state index is 8.36.